The van der Waals surface area contributed by atoms with Gasteiger partial charge in [0.15, 0.2) is 0 Å². The summed E-state index contributed by atoms with van der Waals surface area (Å²) >= 11 is 0. The van der Waals surface area contributed by atoms with E-state index in [1.54, 1.807) is 0 Å². The lowest BCUT2D eigenvalue weighted by Gasteiger charge is -2.29. The Morgan fingerprint density at radius 1 is 1.47 bits per heavy atom. The highest BCUT2D eigenvalue weighted by atomic mass is 14.9. The number of nitrogens with one attached hydrogen (secondary N) is 1. The van der Waals surface area contributed by atoms with Crippen LogP contribution < -0.4 is 5.32 Å². The normalized spacial score (nSPS) is 22.2. The zero-order chi connectivity index (χ0) is 12.3. The molecule has 1 N–H and O–H groups in total. The van der Waals surface area contributed by atoms with Gasteiger partial charge in [0.2, 0.25) is 0 Å². The molecule has 0 aliphatic heterocycles. The van der Waals surface area contributed by atoms with Gasteiger partial charge in [0, 0.05) is 23.9 Å². The molecule has 1 aromatic heterocycles. The topological polar surface area (TPSA) is 24.9 Å². The van der Waals surface area contributed by atoms with Crippen LogP contribution in [0, 0.1) is 5.92 Å². The summed E-state index contributed by atoms with van der Waals surface area (Å²) in [6.45, 7) is 7.88. The van der Waals surface area contributed by atoms with E-state index in [0.717, 1.165) is 6.54 Å². The number of hydrogen-bond acceptors (Lipinski definition) is 2. The Balaban J connectivity index is 2.21. The highest BCUT2D eigenvalue weighted by Crippen LogP contribution is 2.36. The van der Waals surface area contributed by atoms with Crippen LogP contribution in [0.25, 0.3) is 0 Å². The van der Waals surface area contributed by atoms with Crippen molar-refractivity contribution >= 4 is 0 Å². The van der Waals surface area contributed by atoms with Crippen LogP contribution in [0.2, 0.25) is 0 Å². The highest BCUT2D eigenvalue weighted by molar-refractivity contribution is 5.30. The van der Waals surface area contributed by atoms with Gasteiger partial charge in [-0.25, -0.2) is 0 Å². The number of nitrogens with zero attached hydrogens (tertiary/aromatic N) is 1. The Labute approximate surface area is 105 Å². The van der Waals surface area contributed by atoms with Crippen LogP contribution in [0.5, 0.6) is 0 Å². The van der Waals surface area contributed by atoms with Crippen molar-refractivity contribution in [2.24, 2.45) is 5.92 Å². The molecule has 1 aliphatic carbocycles. The van der Waals surface area contributed by atoms with Crippen LogP contribution in [0.1, 0.15) is 50.8 Å². The maximum absolute atomic E-state index is 4.62. The largest absolute Gasteiger partial charge is 0.313 e. The minimum Gasteiger partial charge on any atom is -0.313 e. The Kier molecular flexibility index (Phi) is 4.16. The number of hydrogen-bond donors (Lipinski definition) is 1. The van der Waals surface area contributed by atoms with Crippen LogP contribution >= 0.6 is 0 Å². The third-order valence-electron chi connectivity index (χ3n) is 4.13. The first kappa shape index (κ1) is 12.6. The van der Waals surface area contributed by atoms with Crippen LogP contribution in [0.4, 0.5) is 0 Å². The van der Waals surface area contributed by atoms with E-state index < -0.39 is 0 Å². The van der Waals surface area contributed by atoms with Gasteiger partial charge in [-0.05, 0) is 36.9 Å². The third-order valence-corrected chi connectivity index (χ3v) is 4.13. The average Bonchev–Trinajstić information content (AvgIpc) is 2.79. The second kappa shape index (κ2) is 5.63. The first-order valence-corrected chi connectivity index (χ1v) is 6.95. The van der Waals surface area contributed by atoms with E-state index in [2.05, 4.69) is 43.2 Å². The van der Waals surface area contributed by atoms with Gasteiger partial charge in [-0.2, -0.15) is 0 Å². The summed E-state index contributed by atoms with van der Waals surface area (Å²) in [5.41, 5.74) is 2.81. The summed E-state index contributed by atoms with van der Waals surface area (Å²) < 4.78 is 0. The van der Waals surface area contributed by atoms with Gasteiger partial charge in [-0.15, -0.1) is 0 Å². The molecule has 17 heavy (non-hydrogen) atoms. The molecule has 2 rings (SSSR count). The third kappa shape index (κ3) is 2.52. The van der Waals surface area contributed by atoms with Crippen LogP contribution in [0.15, 0.2) is 18.3 Å². The quantitative estimate of drug-likeness (QED) is 0.843. The van der Waals surface area contributed by atoms with Crippen molar-refractivity contribution in [3.8, 4) is 0 Å². The van der Waals surface area contributed by atoms with Gasteiger partial charge < -0.3 is 5.32 Å². The smallest absolute Gasteiger partial charge is 0.0482 e. The predicted octanol–water partition coefficient (Wildman–Crippen LogP) is 3.14. The molecule has 0 aromatic carbocycles. The van der Waals surface area contributed by atoms with Crippen LogP contribution in [0.3, 0.4) is 0 Å². The lowest BCUT2D eigenvalue weighted by molar-refractivity contribution is 0.317. The fourth-order valence-corrected chi connectivity index (χ4v) is 3.02. The van der Waals surface area contributed by atoms with Crippen LogP contribution in [-0.2, 0) is 6.42 Å². The molecule has 1 aliphatic rings. The number of fused-ring (bicyclic) bond motifs is 1. The van der Waals surface area contributed by atoms with Crippen molar-refractivity contribution in [2.45, 2.75) is 52.0 Å². The zero-order valence-electron chi connectivity index (χ0n) is 11.2. The molecule has 0 bridgehead atoms. The summed E-state index contributed by atoms with van der Waals surface area (Å²) in [6, 6.07) is 4.88. The number of aromatic nitrogens is 1. The predicted molar refractivity (Wildman–Crippen MR) is 72.2 cm³/mol. The maximum Gasteiger partial charge on any atom is 0.0482 e. The summed E-state index contributed by atoms with van der Waals surface area (Å²) in [6.07, 6.45) is 5.63. The fraction of sp³-hybridized carbons (Fsp3) is 0.667. The van der Waals surface area contributed by atoms with Gasteiger partial charge in [0.05, 0.1) is 0 Å². The molecule has 2 nitrogen and oxygen atoms in total. The summed E-state index contributed by atoms with van der Waals surface area (Å²) in [5, 5.41) is 3.68. The fourth-order valence-electron chi connectivity index (χ4n) is 3.02. The van der Waals surface area contributed by atoms with Crippen molar-refractivity contribution in [2.75, 3.05) is 6.54 Å². The second-order valence-corrected chi connectivity index (χ2v) is 5.16. The Bertz CT molecular complexity index is 362. The van der Waals surface area contributed by atoms with Gasteiger partial charge in [-0.1, -0.05) is 33.3 Å². The van der Waals surface area contributed by atoms with E-state index in [-0.39, 0.29) is 0 Å². The van der Waals surface area contributed by atoms with Crippen molar-refractivity contribution in [3.05, 3.63) is 29.6 Å². The van der Waals surface area contributed by atoms with E-state index in [0.29, 0.717) is 17.9 Å². The van der Waals surface area contributed by atoms with E-state index in [9.17, 15) is 0 Å². The first-order valence-electron chi connectivity index (χ1n) is 6.95. The van der Waals surface area contributed by atoms with Crippen LogP contribution in [-0.4, -0.2) is 17.6 Å². The molecule has 0 amide bonds. The second-order valence-electron chi connectivity index (χ2n) is 5.16. The molecule has 3 atom stereocenters. The summed E-state index contributed by atoms with van der Waals surface area (Å²) in [4.78, 5) is 4.62. The molecule has 94 valence electrons. The minimum absolute atomic E-state index is 0.584. The molecular weight excluding hydrogens is 208 g/mol. The highest BCUT2D eigenvalue weighted by Gasteiger charge is 2.32. The molecule has 0 radical (unpaired) electrons. The SMILES string of the molecule is CCNC(C(C)CC)C1CCc2cccnc21. The molecule has 2 heteroatoms. The molecule has 1 heterocycles. The number of pyridine rings is 1. The summed E-state index contributed by atoms with van der Waals surface area (Å²) in [5.74, 6) is 1.33. The maximum atomic E-state index is 4.62. The standard InChI is InChI=1S/C15H24N2/c1-4-11(3)14(16-5-2)13-9-8-12-7-6-10-17-15(12)13/h6-7,10-11,13-14,16H,4-5,8-9H2,1-3H3. The molecule has 1 aromatic rings. The zero-order valence-corrected chi connectivity index (χ0v) is 11.2. The van der Waals surface area contributed by atoms with Crippen molar-refractivity contribution in [3.63, 3.8) is 0 Å². The van der Waals surface area contributed by atoms with Crippen molar-refractivity contribution < 1.29 is 0 Å². The molecule has 0 saturated carbocycles. The molecule has 0 spiro atoms. The molecule has 3 unspecified atom stereocenters. The number of likely N-dealkylation sites (N-methyl/N-ethyl adjacent to an activating group) is 1. The monoisotopic (exact) mass is 232 g/mol. The summed E-state index contributed by atoms with van der Waals surface area (Å²) in [7, 11) is 0. The Morgan fingerprint density at radius 2 is 2.29 bits per heavy atom. The lowest BCUT2D eigenvalue weighted by atomic mass is 9.86. The lowest BCUT2D eigenvalue weighted by Crippen LogP contribution is -2.39. The molecule has 0 saturated heterocycles. The van der Waals surface area contributed by atoms with Gasteiger partial charge in [-0.3, -0.25) is 4.98 Å². The van der Waals surface area contributed by atoms with Gasteiger partial charge in [0.1, 0.15) is 0 Å². The van der Waals surface area contributed by atoms with E-state index in [1.807, 2.05) is 6.20 Å². The molecular formula is C15H24N2. The Hall–Kier alpha value is -0.890. The Morgan fingerprint density at radius 3 is 3.00 bits per heavy atom. The van der Waals surface area contributed by atoms with Gasteiger partial charge >= 0.3 is 0 Å². The van der Waals surface area contributed by atoms with E-state index in [4.69, 9.17) is 0 Å². The molecule has 0 fully saturated rings. The van der Waals surface area contributed by atoms with Crippen molar-refractivity contribution in [1.82, 2.24) is 10.3 Å². The van der Waals surface area contributed by atoms with E-state index >= 15 is 0 Å². The first-order chi connectivity index (χ1) is 8.27. The van der Waals surface area contributed by atoms with Crippen molar-refractivity contribution in [1.29, 1.82) is 0 Å². The number of aryl methyl sites for hydroxylation is 1. The average molecular weight is 232 g/mol. The minimum atomic E-state index is 0.584. The number of rotatable bonds is 5. The van der Waals surface area contributed by atoms with E-state index in [1.165, 1.54) is 30.5 Å². The van der Waals surface area contributed by atoms with Gasteiger partial charge in [0.25, 0.3) is 0 Å².